The van der Waals surface area contributed by atoms with Gasteiger partial charge in [-0.2, -0.15) is 0 Å². The summed E-state index contributed by atoms with van der Waals surface area (Å²) in [4.78, 5) is 14.7. The summed E-state index contributed by atoms with van der Waals surface area (Å²) < 4.78 is 4.92. The van der Waals surface area contributed by atoms with Crippen LogP contribution in [0.3, 0.4) is 0 Å². The normalized spacial score (nSPS) is 27.3. The molecule has 1 aliphatic carbocycles. The number of rotatable bonds is 6. The Bertz CT molecular complexity index is 318. The number of carbonyl (C=O) groups excluding carboxylic acids is 1. The van der Waals surface area contributed by atoms with Gasteiger partial charge in [-0.25, -0.2) is 0 Å². The van der Waals surface area contributed by atoms with Gasteiger partial charge in [0, 0.05) is 11.5 Å². The Morgan fingerprint density at radius 2 is 2.22 bits per heavy atom. The van der Waals surface area contributed by atoms with E-state index in [2.05, 4.69) is 22.3 Å². The van der Waals surface area contributed by atoms with Gasteiger partial charge < -0.3 is 10.1 Å². The van der Waals surface area contributed by atoms with Crippen LogP contribution in [-0.2, 0) is 9.53 Å². The van der Waals surface area contributed by atoms with E-state index >= 15 is 0 Å². The molecule has 6 nitrogen and oxygen atoms in total. The number of azide groups is 1. The second-order valence-corrected chi connectivity index (χ2v) is 4.99. The smallest absolute Gasteiger partial charge is 0.326 e. The maximum Gasteiger partial charge on any atom is 0.326 e. The number of esters is 1. The van der Waals surface area contributed by atoms with Crippen LogP contribution in [0.25, 0.3) is 10.4 Å². The third-order valence-corrected chi connectivity index (χ3v) is 3.67. The van der Waals surface area contributed by atoms with E-state index in [1.54, 1.807) is 0 Å². The topological polar surface area (TPSA) is 87.1 Å². The summed E-state index contributed by atoms with van der Waals surface area (Å²) in [5.41, 5.74) is 7.65. The molecular weight excluding hydrogens is 232 g/mol. The first-order chi connectivity index (χ1) is 8.64. The molecule has 0 unspecified atom stereocenters. The van der Waals surface area contributed by atoms with Crippen molar-refractivity contribution >= 4 is 5.97 Å². The summed E-state index contributed by atoms with van der Waals surface area (Å²) in [7, 11) is 1.43. The summed E-state index contributed by atoms with van der Waals surface area (Å²) in [6, 6.07) is 0. The lowest BCUT2D eigenvalue weighted by molar-refractivity contribution is -0.150. The third kappa shape index (κ3) is 3.89. The van der Waals surface area contributed by atoms with Crippen molar-refractivity contribution in [2.45, 2.75) is 44.6 Å². The van der Waals surface area contributed by atoms with Gasteiger partial charge in [0.15, 0.2) is 0 Å². The Morgan fingerprint density at radius 1 is 1.56 bits per heavy atom. The number of methoxy groups -OCH3 is 1. The molecule has 0 bridgehead atoms. The Kier molecular flexibility index (Phi) is 5.95. The molecule has 1 aliphatic rings. The Labute approximate surface area is 108 Å². The second kappa shape index (κ2) is 7.24. The van der Waals surface area contributed by atoms with Crippen LogP contribution < -0.4 is 5.32 Å². The number of nitrogens with zero attached hydrogens (tertiary/aromatic N) is 3. The molecule has 6 heteroatoms. The SMILES string of the molecule is COC(=O)C1(NCCCN=[N+]=[N-])CCC(C)CC1. The van der Waals surface area contributed by atoms with Crippen LogP contribution >= 0.6 is 0 Å². The van der Waals surface area contributed by atoms with E-state index in [1.165, 1.54) is 7.11 Å². The van der Waals surface area contributed by atoms with E-state index in [0.29, 0.717) is 19.0 Å². The van der Waals surface area contributed by atoms with Gasteiger partial charge in [0.25, 0.3) is 0 Å². The predicted octanol–water partition coefficient (Wildman–Crippen LogP) is 2.40. The number of hydrogen-bond donors (Lipinski definition) is 1. The highest BCUT2D eigenvalue weighted by atomic mass is 16.5. The van der Waals surface area contributed by atoms with Crippen LogP contribution in [0.4, 0.5) is 0 Å². The minimum Gasteiger partial charge on any atom is -0.468 e. The number of hydrogen-bond acceptors (Lipinski definition) is 4. The highest BCUT2D eigenvalue weighted by Crippen LogP contribution is 2.32. The molecular formula is C12H22N4O2. The molecule has 0 heterocycles. The minimum absolute atomic E-state index is 0.168. The Balaban J connectivity index is 2.50. The van der Waals surface area contributed by atoms with Crippen LogP contribution in [0.1, 0.15) is 39.0 Å². The van der Waals surface area contributed by atoms with Crippen molar-refractivity contribution in [2.75, 3.05) is 20.2 Å². The first kappa shape index (κ1) is 14.8. The molecule has 1 fully saturated rings. The first-order valence-corrected chi connectivity index (χ1v) is 6.49. The summed E-state index contributed by atoms with van der Waals surface area (Å²) >= 11 is 0. The van der Waals surface area contributed by atoms with E-state index in [0.717, 1.165) is 32.1 Å². The van der Waals surface area contributed by atoms with Gasteiger partial charge in [0.1, 0.15) is 5.54 Å². The lowest BCUT2D eigenvalue weighted by atomic mass is 9.77. The molecule has 0 aromatic heterocycles. The van der Waals surface area contributed by atoms with Crippen LogP contribution in [0.2, 0.25) is 0 Å². The number of carbonyl (C=O) groups is 1. The fourth-order valence-corrected chi connectivity index (χ4v) is 2.43. The summed E-state index contributed by atoms with van der Waals surface area (Å²) in [5, 5.41) is 6.79. The van der Waals surface area contributed by atoms with Gasteiger partial charge in [0.05, 0.1) is 7.11 Å². The molecule has 0 aromatic carbocycles. The number of nitrogens with one attached hydrogen (secondary N) is 1. The van der Waals surface area contributed by atoms with Crippen LogP contribution in [0.5, 0.6) is 0 Å². The zero-order valence-corrected chi connectivity index (χ0v) is 11.2. The molecule has 1 rings (SSSR count). The van der Waals surface area contributed by atoms with Gasteiger partial charge in [-0.15, -0.1) is 0 Å². The van der Waals surface area contributed by atoms with Gasteiger partial charge in [-0.05, 0) is 50.1 Å². The lowest BCUT2D eigenvalue weighted by Crippen LogP contribution is -2.55. The van der Waals surface area contributed by atoms with E-state index in [-0.39, 0.29) is 5.97 Å². The van der Waals surface area contributed by atoms with Crippen molar-refractivity contribution in [3.05, 3.63) is 10.4 Å². The molecule has 1 saturated carbocycles. The van der Waals surface area contributed by atoms with Crippen LogP contribution in [0.15, 0.2) is 5.11 Å². The second-order valence-electron chi connectivity index (χ2n) is 4.99. The summed E-state index contributed by atoms with van der Waals surface area (Å²) in [6.45, 7) is 3.34. The van der Waals surface area contributed by atoms with Crippen molar-refractivity contribution < 1.29 is 9.53 Å². The minimum atomic E-state index is -0.530. The Morgan fingerprint density at radius 3 is 2.78 bits per heavy atom. The summed E-state index contributed by atoms with van der Waals surface area (Å²) in [5.74, 6) is 0.506. The maximum atomic E-state index is 11.9. The Hall–Kier alpha value is -1.26. The van der Waals surface area contributed by atoms with Crippen LogP contribution in [-0.4, -0.2) is 31.7 Å². The lowest BCUT2D eigenvalue weighted by Gasteiger charge is -2.37. The average molecular weight is 254 g/mol. The quantitative estimate of drug-likeness (QED) is 0.259. The molecule has 0 saturated heterocycles. The molecule has 0 aliphatic heterocycles. The monoisotopic (exact) mass is 254 g/mol. The van der Waals surface area contributed by atoms with Gasteiger partial charge in [0.2, 0.25) is 0 Å². The molecule has 0 atom stereocenters. The first-order valence-electron chi connectivity index (χ1n) is 6.49. The fourth-order valence-electron chi connectivity index (χ4n) is 2.43. The zero-order chi connectivity index (χ0) is 13.4. The zero-order valence-electron chi connectivity index (χ0n) is 11.2. The number of ether oxygens (including phenoxy) is 1. The largest absolute Gasteiger partial charge is 0.468 e. The van der Waals surface area contributed by atoms with Gasteiger partial charge in [-0.1, -0.05) is 12.0 Å². The molecule has 0 aromatic rings. The van der Waals surface area contributed by atoms with Gasteiger partial charge >= 0.3 is 5.97 Å². The van der Waals surface area contributed by atoms with E-state index in [9.17, 15) is 4.79 Å². The third-order valence-electron chi connectivity index (χ3n) is 3.67. The van der Waals surface area contributed by atoms with Crippen molar-refractivity contribution in [3.8, 4) is 0 Å². The predicted molar refractivity (Wildman–Crippen MR) is 69.0 cm³/mol. The standard InChI is InChI=1S/C12H22N4O2/c1-10-4-6-12(7-5-10,11(17)18-2)14-8-3-9-15-16-13/h10,14H,3-9H2,1-2H3. The average Bonchev–Trinajstić information content (AvgIpc) is 2.40. The van der Waals surface area contributed by atoms with E-state index in [4.69, 9.17) is 10.3 Å². The van der Waals surface area contributed by atoms with Crippen molar-refractivity contribution in [3.63, 3.8) is 0 Å². The molecule has 102 valence electrons. The van der Waals surface area contributed by atoms with E-state index in [1.807, 2.05) is 0 Å². The fraction of sp³-hybridized carbons (Fsp3) is 0.917. The van der Waals surface area contributed by atoms with Crippen molar-refractivity contribution in [2.24, 2.45) is 11.0 Å². The molecule has 0 radical (unpaired) electrons. The molecule has 18 heavy (non-hydrogen) atoms. The van der Waals surface area contributed by atoms with Crippen molar-refractivity contribution in [1.82, 2.24) is 5.32 Å². The maximum absolute atomic E-state index is 11.9. The van der Waals surface area contributed by atoms with Gasteiger partial charge in [-0.3, -0.25) is 4.79 Å². The summed E-state index contributed by atoms with van der Waals surface area (Å²) in [6.07, 6.45) is 4.46. The van der Waals surface area contributed by atoms with E-state index < -0.39 is 5.54 Å². The highest BCUT2D eigenvalue weighted by molar-refractivity contribution is 5.80. The molecule has 1 N–H and O–H groups in total. The molecule has 0 spiro atoms. The highest BCUT2D eigenvalue weighted by Gasteiger charge is 2.41. The van der Waals surface area contributed by atoms with Crippen molar-refractivity contribution in [1.29, 1.82) is 0 Å². The van der Waals surface area contributed by atoms with Crippen LogP contribution in [0, 0.1) is 5.92 Å². The molecule has 0 amide bonds.